The zero-order chi connectivity index (χ0) is 21.9. The molecule has 2 aliphatic heterocycles. The summed E-state index contributed by atoms with van der Waals surface area (Å²) in [6.45, 7) is 2.39. The normalized spacial score (nSPS) is 38.3. The van der Waals surface area contributed by atoms with Gasteiger partial charge in [-0.15, -0.1) is 0 Å². The van der Waals surface area contributed by atoms with Crippen molar-refractivity contribution in [3.8, 4) is 0 Å². The molecule has 2 atom stereocenters. The van der Waals surface area contributed by atoms with Crippen molar-refractivity contribution in [1.29, 1.82) is 0 Å². The number of hydrogen-bond acceptors (Lipinski definition) is 3. The van der Waals surface area contributed by atoms with Gasteiger partial charge in [0.15, 0.2) is 0 Å². The van der Waals surface area contributed by atoms with E-state index >= 15 is 0 Å². The van der Waals surface area contributed by atoms with Crippen LogP contribution in [0.2, 0.25) is 5.02 Å². The lowest BCUT2D eigenvalue weighted by atomic mass is 9.49. The monoisotopic (exact) mass is 456 g/mol. The predicted molar refractivity (Wildman–Crippen MR) is 122 cm³/mol. The fourth-order valence-electron chi connectivity index (χ4n) is 7.88. The van der Waals surface area contributed by atoms with Crippen molar-refractivity contribution < 1.29 is 14.3 Å². The van der Waals surface area contributed by atoms with E-state index in [1.54, 1.807) is 0 Å². The summed E-state index contributed by atoms with van der Waals surface area (Å²) in [6.07, 6.45) is 8.75. The summed E-state index contributed by atoms with van der Waals surface area (Å²) in [7, 11) is 0. The largest absolute Gasteiger partial charge is 0.370 e. The van der Waals surface area contributed by atoms with Crippen LogP contribution in [0.15, 0.2) is 24.3 Å². The highest BCUT2D eigenvalue weighted by atomic mass is 35.5. The van der Waals surface area contributed by atoms with Gasteiger partial charge in [0.1, 0.15) is 12.1 Å². The van der Waals surface area contributed by atoms with Crippen LogP contribution < -0.4 is 0 Å². The smallest absolute Gasteiger partial charge is 0.245 e. The lowest BCUT2D eigenvalue weighted by molar-refractivity contribution is -0.163. The van der Waals surface area contributed by atoms with Gasteiger partial charge in [0.25, 0.3) is 0 Å². The zero-order valence-corrected chi connectivity index (χ0v) is 19.4. The molecular weight excluding hydrogens is 424 g/mol. The molecule has 6 heteroatoms. The summed E-state index contributed by atoms with van der Waals surface area (Å²) in [5.41, 5.74) is 0.869. The van der Waals surface area contributed by atoms with Crippen LogP contribution in [-0.2, 0) is 14.3 Å². The third-order valence-electron chi connectivity index (χ3n) is 8.91. The van der Waals surface area contributed by atoms with Gasteiger partial charge in [-0.05, 0) is 86.8 Å². The number of rotatable bonds is 3. The summed E-state index contributed by atoms with van der Waals surface area (Å²) in [4.78, 5) is 31.5. The lowest BCUT2D eigenvalue weighted by Crippen LogP contribution is -2.58. The molecule has 4 aliphatic carbocycles. The van der Waals surface area contributed by atoms with E-state index in [0.717, 1.165) is 62.0 Å². The van der Waals surface area contributed by atoms with Crippen molar-refractivity contribution in [2.24, 2.45) is 23.2 Å². The maximum absolute atomic E-state index is 13.9. The number of carbonyl (C=O) groups excluding carboxylic acids is 2. The number of amides is 2. The van der Waals surface area contributed by atoms with Crippen molar-refractivity contribution in [2.45, 2.75) is 63.5 Å². The van der Waals surface area contributed by atoms with Crippen molar-refractivity contribution in [1.82, 2.24) is 9.80 Å². The second-order valence-corrected chi connectivity index (χ2v) is 11.5. The number of likely N-dealkylation sites (tertiary alicyclic amines) is 1. The van der Waals surface area contributed by atoms with Gasteiger partial charge in [-0.3, -0.25) is 9.59 Å². The average Bonchev–Trinajstić information content (AvgIpc) is 3.27. The maximum atomic E-state index is 13.9. The number of nitrogens with zero attached hydrogens (tertiary/aromatic N) is 2. The Morgan fingerprint density at radius 2 is 1.62 bits per heavy atom. The van der Waals surface area contributed by atoms with Gasteiger partial charge in [-0.1, -0.05) is 23.7 Å². The van der Waals surface area contributed by atoms with Gasteiger partial charge in [-0.25, -0.2) is 0 Å². The van der Waals surface area contributed by atoms with E-state index in [1.807, 2.05) is 34.1 Å². The summed E-state index contributed by atoms with van der Waals surface area (Å²) < 4.78 is 5.97. The van der Waals surface area contributed by atoms with Crippen LogP contribution in [-0.4, -0.2) is 53.9 Å². The quantitative estimate of drug-likeness (QED) is 0.675. The minimum atomic E-state index is -0.292. The Bertz CT molecular complexity index is 866. The Balaban J connectivity index is 1.17. The highest BCUT2D eigenvalue weighted by Crippen LogP contribution is 2.60. The number of morpholine rings is 1. The summed E-state index contributed by atoms with van der Waals surface area (Å²) in [5, 5.41) is 0.697. The fourth-order valence-corrected chi connectivity index (χ4v) is 8.01. The second-order valence-electron chi connectivity index (χ2n) is 11.0. The Morgan fingerprint density at radius 3 is 2.28 bits per heavy atom. The zero-order valence-electron chi connectivity index (χ0n) is 18.7. The number of benzene rings is 1. The minimum Gasteiger partial charge on any atom is -0.370 e. The van der Waals surface area contributed by atoms with E-state index in [-0.39, 0.29) is 23.5 Å². The van der Waals surface area contributed by atoms with Gasteiger partial charge in [0.2, 0.25) is 11.8 Å². The molecular formula is C26H33ClN2O3. The number of halogens is 1. The molecule has 2 amide bonds. The molecule has 4 bridgehead atoms. The van der Waals surface area contributed by atoms with E-state index < -0.39 is 0 Å². The van der Waals surface area contributed by atoms with E-state index in [4.69, 9.17) is 16.3 Å². The van der Waals surface area contributed by atoms with Crippen molar-refractivity contribution in [3.05, 3.63) is 34.9 Å². The average molecular weight is 457 g/mol. The van der Waals surface area contributed by atoms with E-state index in [0.29, 0.717) is 30.6 Å². The topological polar surface area (TPSA) is 49.9 Å². The van der Waals surface area contributed by atoms with Gasteiger partial charge in [0, 0.05) is 18.1 Å². The maximum Gasteiger partial charge on any atom is 0.245 e. The molecule has 0 spiro atoms. The SMILES string of the molecule is O=C(C1CCCN1C(=O)C12CC3CC(CC(C3)C1)C2)N1CCOC(c2ccc(Cl)cc2)C1. The number of ether oxygens (including phenoxy) is 1. The van der Waals surface area contributed by atoms with Crippen LogP contribution in [0.4, 0.5) is 0 Å². The summed E-state index contributed by atoms with van der Waals surface area (Å²) in [5.74, 6) is 2.63. The molecule has 0 N–H and O–H groups in total. The first kappa shape index (κ1) is 21.0. The Hall–Kier alpha value is -1.59. The first-order valence-corrected chi connectivity index (χ1v) is 12.9. The first-order valence-electron chi connectivity index (χ1n) is 12.5. The molecule has 6 fully saturated rings. The fraction of sp³-hybridized carbons (Fsp3) is 0.692. The molecule has 2 heterocycles. The molecule has 2 unspecified atom stereocenters. The van der Waals surface area contributed by atoms with Crippen molar-refractivity contribution in [2.75, 3.05) is 26.2 Å². The molecule has 172 valence electrons. The Labute approximate surface area is 195 Å². The summed E-state index contributed by atoms with van der Waals surface area (Å²) in [6, 6.07) is 7.38. The third-order valence-corrected chi connectivity index (χ3v) is 9.16. The molecule has 1 aromatic rings. The second kappa shape index (κ2) is 8.02. The van der Waals surface area contributed by atoms with Crippen LogP contribution in [0.3, 0.4) is 0 Å². The van der Waals surface area contributed by atoms with Crippen LogP contribution in [0, 0.1) is 23.2 Å². The molecule has 7 rings (SSSR count). The molecule has 4 saturated carbocycles. The molecule has 0 radical (unpaired) electrons. The van der Waals surface area contributed by atoms with Gasteiger partial charge >= 0.3 is 0 Å². The van der Waals surface area contributed by atoms with E-state index in [9.17, 15) is 9.59 Å². The Morgan fingerprint density at radius 1 is 0.969 bits per heavy atom. The third kappa shape index (κ3) is 3.56. The van der Waals surface area contributed by atoms with E-state index in [1.165, 1.54) is 19.3 Å². The van der Waals surface area contributed by atoms with Crippen molar-refractivity contribution >= 4 is 23.4 Å². The molecule has 0 aromatic heterocycles. The molecule has 32 heavy (non-hydrogen) atoms. The lowest BCUT2D eigenvalue weighted by Gasteiger charge is -2.56. The number of hydrogen-bond donors (Lipinski definition) is 0. The van der Waals surface area contributed by atoms with Gasteiger partial charge < -0.3 is 14.5 Å². The van der Waals surface area contributed by atoms with E-state index in [2.05, 4.69) is 0 Å². The first-order chi connectivity index (χ1) is 15.5. The molecule has 2 saturated heterocycles. The standard InChI is InChI=1S/C26H33ClN2O3/c27-21-5-3-20(4-6-21)23-16-28(8-9-32-23)24(30)22-2-1-7-29(22)25(31)26-13-17-10-18(14-26)12-19(11-17)15-26/h3-6,17-19,22-23H,1-2,7-16H2. The Kier molecular flexibility index (Phi) is 5.26. The highest BCUT2D eigenvalue weighted by molar-refractivity contribution is 6.30. The van der Waals surface area contributed by atoms with Gasteiger partial charge in [0.05, 0.1) is 18.6 Å². The molecule has 1 aromatic carbocycles. The van der Waals surface area contributed by atoms with Gasteiger partial charge in [-0.2, -0.15) is 0 Å². The number of carbonyl (C=O) groups is 2. The predicted octanol–water partition coefficient (Wildman–Crippen LogP) is 4.45. The van der Waals surface area contributed by atoms with Crippen LogP contribution in [0.5, 0.6) is 0 Å². The van der Waals surface area contributed by atoms with Crippen LogP contribution in [0.1, 0.15) is 63.0 Å². The highest BCUT2D eigenvalue weighted by Gasteiger charge is 2.57. The molecule has 5 nitrogen and oxygen atoms in total. The van der Waals surface area contributed by atoms with Crippen molar-refractivity contribution in [3.63, 3.8) is 0 Å². The summed E-state index contributed by atoms with van der Waals surface area (Å²) >= 11 is 6.03. The molecule has 6 aliphatic rings. The van der Waals surface area contributed by atoms with Crippen LogP contribution in [0.25, 0.3) is 0 Å². The van der Waals surface area contributed by atoms with Crippen LogP contribution >= 0.6 is 11.6 Å². The minimum absolute atomic E-state index is 0.114.